The molecular weight excluding hydrogens is 298 g/mol. The number of rotatable bonds is 5. The quantitative estimate of drug-likeness (QED) is 0.832. The second kappa shape index (κ2) is 7.54. The SMILES string of the molecule is O=C(COC(=O)C1=COCCO1)NCc1cccc(Cl)c1. The number of nitrogens with one attached hydrogen (secondary N) is 1. The highest BCUT2D eigenvalue weighted by molar-refractivity contribution is 6.30. The number of ether oxygens (including phenoxy) is 3. The molecule has 1 aromatic carbocycles. The van der Waals surface area contributed by atoms with Crippen LogP contribution in [0.25, 0.3) is 0 Å². The van der Waals surface area contributed by atoms with E-state index in [1.807, 2.05) is 6.07 Å². The average Bonchev–Trinajstić information content (AvgIpc) is 2.51. The fraction of sp³-hybridized carbons (Fsp3) is 0.286. The van der Waals surface area contributed by atoms with Crippen molar-refractivity contribution in [2.24, 2.45) is 0 Å². The van der Waals surface area contributed by atoms with Gasteiger partial charge in [-0.15, -0.1) is 0 Å². The normalized spacial score (nSPS) is 13.5. The molecule has 1 N–H and O–H groups in total. The van der Waals surface area contributed by atoms with Crippen LogP contribution in [0, 0.1) is 0 Å². The molecule has 7 heteroatoms. The van der Waals surface area contributed by atoms with E-state index in [0.29, 0.717) is 18.2 Å². The van der Waals surface area contributed by atoms with Crippen molar-refractivity contribution in [2.45, 2.75) is 6.54 Å². The van der Waals surface area contributed by atoms with Gasteiger partial charge in [-0.3, -0.25) is 4.79 Å². The molecule has 1 amide bonds. The first-order valence-electron chi connectivity index (χ1n) is 6.28. The Morgan fingerprint density at radius 1 is 1.33 bits per heavy atom. The van der Waals surface area contributed by atoms with E-state index in [4.69, 9.17) is 25.8 Å². The molecule has 0 unspecified atom stereocenters. The van der Waals surface area contributed by atoms with Gasteiger partial charge in [-0.05, 0) is 17.7 Å². The summed E-state index contributed by atoms with van der Waals surface area (Å²) in [5.74, 6) is -1.18. The van der Waals surface area contributed by atoms with E-state index in [1.165, 1.54) is 6.26 Å². The standard InChI is InChI=1S/C14H14ClNO5/c15-11-3-1-2-10(6-11)7-16-13(17)9-21-14(18)12-8-19-4-5-20-12/h1-3,6,8H,4-5,7,9H2,(H,16,17). The van der Waals surface area contributed by atoms with Crippen molar-refractivity contribution in [1.82, 2.24) is 5.32 Å². The molecule has 2 rings (SSSR count). The average molecular weight is 312 g/mol. The van der Waals surface area contributed by atoms with Crippen molar-refractivity contribution in [1.29, 1.82) is 0 Å². The number of esters is 1. The van der Waals surface area contributed by atoms with Gasteiger partial charge in [0.1, 0.15) is 19.5 Å². The lowest BCUT2D eigenvalue weighted by molar-refractivity contribution is -0.149. The van der Waals surface area contributed by atoms with Crippen LogP contribution in [0.1, 0.15) is 5.56 Å². The van der Waals surface area contributed by atoms with Crippen LogP contribution >= 0.6 is 11.6 Å². The van der Waals surface area contributed by atoms with Crippen LogP contribution in [-0.2, 0) is 30.3 Å². The number of amides is 1. The summed E-state index contributed by atoms with van der Waals surface area (Å²) in [6.45, 7) is 0.581. The highest BCUT2D eigenvalue weighted by atomic mass is 35.5. The lowest BCUT2D eigenvalue weighted by atomic mass is 10.2. The smallest absolute Gasteiger partial charge is 0.377 e. The van der Waals surface area contributed by atoms with E-state index in [0.717, 1.165) is 5.56 Å². The second-order valence-corrected chi connectivity index (χ2v) is 4.62. The Labute approximate surface area is 126 Å². The van der Waals surface area contributed by atoms with Gasteiger partial charge in [0, 0.05) is 11.6 Å². The van der Waals surface area contributed by atoms with Crippen LogP contribution in [-0.4, -0.2) is 31.7 Å². The zero-order valence-electron chi connectivity index (χ0n) is 11.1. The lowest BCUT2D eigenvalue weighted by Gasteiger charge is -2.14. The van der Waals surface area contributed by atoms with Crippen LogP contribution < -0.4 is 5.32 Å². The van der Waals surface area contributed by atoms with Gasteiger partial charge < -0.3 is 19.5 Å². The molecule has 0 saturated carbocycles. The third-order valence-corrected chi connectivity index (χ3v) is 2.80. The summed E-state index contributed by atoms with van der Waals surface area (Å²) in [6, 6.07) is 7.10. The maximum atomic E-state index is 11.6. The maximum absolute atomic E-state index is 11.6. The Kier molecular flexibility index (Phi) is 5.45. The van der Waals surface area contributed by atoms with Gasteiger partial charge in [-0.1, -0.05) is 23.7 Å². The molecule has 0 aliphatic carbocycles. The molecule has 0 saturated heterocycles. The van der Waals surface area contributed by atoms with Crippen molar-refractivity contribution < 1.29 is 23.8 Å². The van der Waals surface area contributed by atoms with E-state index in [1.54, 1.807) is 18.2 Å². The third kappa shape index (κ3) is 5.00. The summed E-state index contributed by atoms with van der Waals surface area (Å²) in [7, 11) is 0. The van der Waals surface area contributed by atoms with Crippen molar-refractivity contribution >= 4 is 23.5 Å². The molecule has 0 atom stereocenters. The molecule has 0 fully saturated rings. The first kappa shape index (κ1) is 15.2. The molecule has 6 nitrogen and oxygen atoms in total. The van der Waals surface area contributed by atoms with E-state index >= 15 is 0 Å². The topological polar surface area (TPSA) is 73.9 Å². The molecule has 1 heterocycles. The minimum absolute atomic E-state index is 0.0381. The Bertz CT molecular complexity index is 558. The molecular formula is C14H14ClNO5. The monoisotopic (exact) mass is 311 g/mol. The molecule has 0 radical (unpaired) electrons. The van der Waals surface area contributed by atoms with E-state index < -0.39 is 11.9 Å². The number of carbonyl (C=O) groups is 2. The predicted molar refractivity (Wildman–Crippen MR) is 74.2 cm³/mol. The van der Waals surface area contributed by atoms with Gasteiger partial charge >= 0.3 is 5.97 Å². The summed E-state index contributed by atoms with van der Waals surface area (Å²) in [6.07, 6.45) is 1.18. The zero-order valence-corrected chi connectivity index (χ0v) is 11.9. The van der Waals surface area contributed by atoms with Crippen LogP contribution in [0.5, 0.6) is 0 Å². The highest BCUT2D eigenvalue weighted by Gasteiger charge is 2.17. The minimum Gasteiger partial charge on any atom is -0.493 e. The summed E-state index contributed by atoms with van der Waals surface area (Å²) in [5, 5.41) is 3.21. The Balaban J connectivity index is 1.72. The Morgan fingerprint density at radius 3 is 2.90 bits per heavy atom. The van der Waals surface area contributed by atoms with Crippen LogP contribution in [0.15, 0.2) is 36.3 Å². The van der Waals surface area contributed by atoms with Crippen molar-refractivity contribution in [3.63, 3.8) is 0 Å². The molecule has 0 spiro atoms. The third-order valence-electron chi connectivity index (χ3n) is 2.56. The van der Waals surface area contributed by atoms with Crippen molar-refractivity contribution in [3.8, 4) is 0 Å². The minimum atomic E-state index is -0.729. The van der Waals surface area contributed by atoms with E-state index in [9.17, 15) is 9.59 Å². The van der Waals surface area contributed by atoms with Gasteiger partial charge in [-0.25, -0.2) is 4.79 Å². The number of hydrogen-bond donors (Lipinski definition) is 1. The van der Waals surface area contributed by atoms with Gasteiger partial charge in [0.05, 0.1) is 0 Å². The van der Waals surface area contributed by atoms with Crippen LogP contribution in [0.4, 0.5) is 0 Å². The Morgan fingerprint density at radius 2 is 2.19 bits per heavy atom. The lowest BCUT2D eigenvalue weighted by Crippen LogP contribution is -2.29. The summed E-state index contributed by atoms with van der Waals surface area (Å²) in [4.78, 5) is 23.1. The molecule has 0 bridgehead atoms. The van der Waals surface area contributed by atoms with Gasteiger partial charge in [0.2, 0.25) is 5.76 Å². The summed E-state index contributed by atoms with van der Waals surface area (Å²) in [5.41, 5.74) is 0.855. The van der Waals surface area contributed by atoms with Gasteiger partial charge in [0.15, 0.2) is 6.61 Å². The molecule has 1 aliphatic rings. The molecule has 21 heavy (non-hydrogen) atoms. The van der Waals surface area contributed by atoms with Gasteiger partial charge in [0.25, 0.3) is 5.91 Å². The molecule has 112 valence electrons. The molecule has 0 aromatic heterocycles. The number of carbonyl (C=O) groups excluding carboxylic acids is 2. The van der Waals surface area contributed by atoms with Crippen molar-refractivity contribution in [2.75, 3.05) is 19.8 Å². The number of hydrogen-bond acceptors (Lipinski definition) is 5. The molecule has 1 aliphatic heterocycles. The number of halogens is 1. The fourth-order valence-electron chi connectivity index (χ4n) is 1.58. The predicted octanol–water partition coefficient (Wildman–Crippen LogP) is 1.39. The Hall–Kier alpha value is -2.21. The second-order valence-electron chi connectivity index (χ2n) is 4.18. The first-order chi connectivity index (χ1) is 10.1. The van der Waals surface area contributed by atoms with Crippen LogP contribution in [0.3, 0.4) is 0 Å². The molecule has 1 aromatic rings. The van der Waals surface area contributed by atoms with Crippen molar-refractivity contribution in [3.05, 3.63) is 46.9 Å². The largest absolute Gasteiger partial charge is 0.493 e. The maximum Gasteiger partial charge on any atom is 0.377 e. The fourth-order valence-corrected chi connectivity index (χ4v) is 1.79. The highest BCUT2D eigenvalue weighted by Crippen LogP contribution is 2.10. The number of benzene rings is 1. The van der Waals surface area contributed by atoms with Gasteiger partial charge in [-0.2, -0.15) is 0 Å². The summed E-state index contributed by atoms with van der Waals surface area (Å²) < 4.78 is 14.8. The summed E-state index contributed by atoms with van der Waals surface area (Å²) >= 11 is 5.83. The van der Waals surface area contributed by atoms with Crippen LogP contribution in [0.2, 0.25) is 5.02 Å². The first-order valence-corrected chi connectivity index (χ1v) is 6.66. The van der Waals surface area contributed by atoms with E-state index in [-0.39, 0.29) is 19.0 Å². The zero-order chi connectivity index (χ0) is 15.1. The van der Waals surface area contributed by atoms with E-state index in [2.05, 4.69) is 5.32 Å².